The molecule has 0 heterocycles. The number of nitrogens with one attached hydrogen (secondary N) is 1. The second-order valence-corrected chi connectivity index (χ2v) is 5.42. The van der Waals surface area contributed by atoms with E-state index in [1.165, 1.54) is 0 Å². The molecule has 0 aliphatic heterocycles. The van der Waals surface area contributed by atoms with Gasteiger partial charge in [0.25, 0.3) is 0 Å². The Morgan fingerprint density at radius 3 is 2.47 bits per heavy atom. The Morgan fingerprint density at radius 1 is 1.12 bits per heavy atom. The third kappa shape index (κ3) is 3.04. The quantitative estimate of drug-likeness (QED) is 0.609. The molecule has 2 aromatic rings. The molecule has 0 aliphatic rings. The van der Waals surface area contributed by atoms with E-state index < -0.39 is 0 Å². The number of benzene rings is 2. The molecule has 3 N–H and O–H groups in total. The van der Waals surface area contributed by atoms with Gasteiger partial charge in [0.05, 0.1) is 5.69 Å². The summed E-state index contributed by atoms with van der Waals surface area (Å²) in [6, 6.07) is 11.6. The normalized spacial score (nSPS) is 10.3. The van der Waals surface area contributed by atoms with Gasteiger partial charge in [0.2, 0.25) is 0 Å². The molecule has 0 aromatic heterocycles. The summed E-state index contributed by atoms with van der Waals surface area (Å²) in [6.07, 6.45) is 0. The predicted molar refractivity (Wildman–Crippen MR) is 83.0 cm³/mol. The average molecular weight is 359 g/mol. The highest BCUT2D eigenvalue weighted by molar-refractivity contribution is 14.1. The van der Waals surface area contributed by atoms with Crippen LogP contribution < -0.4 is 11.1 Å². The first-order chi connectivity index (χ1) is 8.06. The van der Waals surface area contributed by atoms with Gasteiger partial charge in [0.1, 0.15) is 0 Å². The zero-order chi connectivity index (χ0) is 12.4. The highest BCUT2D eigenvalue weighted by atomic mass is 127. The van der Waals surface area contributed by atoms with E-state index in [9.17, 15) is 0 Å². The number of nitrogen functional groups attached to an aromatic ring is 1. The first-order valence-corrected chi connectivity index (χ1v) is 6.60. The fourth-order valence-corrected chi connectivity index (χ4v) is 2.45. The van der Waals surface area contributed by atoms with Crippen LogP contribution >= 0.6 is 34.2 Å². The van der Waals surface area contributed by atoms with E-state index in [0.717, 1.165) is 31.2 Å². The van der Waals surface area contributed by atoms with Crippen LogP contribution in [-0.4, -0.2) is 0 Å². The smallest absolute Gasteiger partial charge is 0.0521 e. The SMILES string of the molecule is Cc1cc(Cl)ccc1Nc1ccc(N)cc1I. The van der Waals surface area contributed by atoms with Crippen molar-refractivity contribution in [2.24, 2.45) is 0 Å². The fraction of sp³-hybridized carbons (Fsp3) is 0.0769. The number of nitrogens with two attached hydrogens (primary N) is 1. The van der Waals surface area contributed by atoms with E-state index in [0.29, 0.717) is 0 Å². The monoisotopic (exact) mass is 358 g/mol. The summed E-state index contributed by atoms with van der Waals surface area (Å²) in [5.41, 5.74) is 9.71. The molecule has 0 saturated heterocycles. The van der Waals surface area contributed by atoms with Gasteiger partial charge >= 0.3 is 0 Å². The molecule has 0 fully saturated rings. The predicted octanol–water partition coefficient (Wildman–Crippen LogP) is 4.58. The number of anilines is 3. The number of hydrogen-bond donors (Lipinski definition) is 2. The van der Waals surface area contributed by atoms with Gasteiger partial charge in [-0.2, -0.15) is 0 Å². The highest BCUT2D eigenvalue weighted by Gasteiger charge is 2.03. The molecule has 0 unspecified atom stereocenters. The Bertz CT molecular complexity index is 506. The minimum atomic E-state index is 0.750. The van der Waals surface area contributed by atoms with Crippen LogP contribution in [0.15, 0.2) is 36.4 Å². The van der Waals surface area contributed by atoms with E-state index in [4.69, 9.17) is 17.3 Å². The summed E-state index contributed by atoms with van der Waals surface area (Å²) in [7, 11) is 0. The Balaban J connectivity index is 2.31. The molecule has 0 spiro atoms. The Kier molecular flexibility index (Phi) is 3.79. The van der Waals surface area contributed by atoms with Crippen molar-refractivity contribution in [3.8, 4) is 0 Å². The zero-order valence-corrected chi connectivity index (χ0v) is 12.2. The summed E-state index contributed by atoms with van der Waals surface area (Å²) in [4.78, 5) is 0. The average Bonchev–Trinajstić information content (AvgIpc) is 2.25. The molecule has 0 saturated carbocycles. The third-order valence-corrected chi connectivity index (χ3v) is 3.58. The van der Waals surface area contributed by atoms with Crippen molar-refractivity contribution < 1.29 is 0 Å². The van der Waals surface area contributed by atoms with Gasteiger partial charge in [-0.15, -0.1) is 0 Å². The lowest BCUT2D eigenvalue weighted by Gasteiger charge is -2.11. The molecule has 0 bridgehead atoms. The molecular formula is C13H12ClIN2. The highest BCUT2D eigenvalue weighted by Crippen LogP contribution is 2.27. The van der Waals surface area contributed by atoms with E-state index in [1.54, 1.807) is 0 Å². The van der Waals surface area contributed by atoms with Crippen molar-refractivity contribution in [3.05, 3.63) is 50.6 Å². The fourth-order valence-electron chi connectivity index (χ4n) is 1.55. The van der Waals surface area contributed by atoms with Gasteiger partial charge in [-0.05, 0) is 71.5 Å². The topological polar surface area (TPSA) is 38.0 Å². The maximum atomic E-state index is 5.93. The minimum Gasteiger partial charge on any atom is -0.399 e. The molecule has 0 atom stereocenters. The van der Waals surface area contributed by atoms with E-state index in [1.807, 2.05) is 43.3 Å². The molecular weight excluding hydrogens is 347 g/mol. The minimum absolute atomic E-state index is 0.750. The Morgan fingerprint density at radius 2 is 1.82 bits per heavy atom. The van der Waals surface area contributed by atoms with Gasteiger partial charge in [-0.1, -0.05) is 11.6 Å². The summed E-state index contributed by atoms with van der Waals surface area (Å²) in [6.45, 7) is 2.03. The van der Waals surface area contributed by atoms with E-state index >= 15 is 0 Å². The molecule has 4 heteroatoms. The Hall–Kier alpha value is -0.940. The van der Waals surface area contributed by atoms with Crippen LogP contribution in [-0.2, 0) is 0 Å². The molecule has 2 nitrogen and oxygen atoms in total. The van der Waals surface area contributed by atoms with Crippen molar-refractivity contribution >= 4 is 51.3 Å². The zero-order valence-electron chi connectivity index (χ0n) is 9.30. The molecule has 17 heavy (non-hydrogen) atoms. The van der Waals surface area contributed by atoms with E-state index in [-0.39, 0.29) is 0 Å². The lowest BCUT2D eigenvalue weighted by Crippen LogP contribution is -1.96. The second kappa shape index (κ2) is 5.14. The van der Waals surface area contributed by atoms with Crippen molar-refractivity contribution in [1.29, 1.82) is 0 Å². The lowest BCUT2D eigenvalue weighted by atomic mass is 10.2. The number of aryl methyl sites for hydroxylation is 1. The maximum absolute atomic E-state index is 5.93. The van der Waals surface area contributed by atoms with E-state index in [2.05, 4.69) is 27.9 Å². The number of halogens is 2. The molecule has 0 aliphatic carbocycles. The first-order valence-electron chi connectivity index (χ1n) is 5.14. The molecule has 2 rings (SSSR count). The summed E-state index contributed by atoms with van der Waals surface area (Å²) < 4.78 is 1.09. The van der Waals surface area contributed by atoms with Gasteiger partial charge in [-0.3, -0.25) is 0 Å². The van der Waals surface area contributed by atoms with Crippen molar-refractivity contribution in [2.45, 2.75) is 6.92 Å². The van der Waals surface area contributed by atoms with Crippen LogP contribution in [0.1, 0.15) is 5.56 Å². The number of hydrogen-bond acceptors (Lipinski definition) is 2. The maximum Gasteiger partial charge on any atom is 0.0521 e. The summed E-state index contributed by atoms with van der Waals surface area (Å²) in [5, 5.41) is 4.12. The lowest BCUT2D eigenvalue weighted by molar-refractivity contribution is 1.42. The van der Waals surface area contributed by atoms with Crippen LogP contribution in [0.3, 0.4) is 0 Å². The molecule has 2 aromatic carbocycles. The Labute approximate surface area is 119 Å². The van der Waals surface area contributed by atoms with Crippen LogP contribution in [0.4, 0.5) is 17.1 Å². The van der Waals surface area contributed by atoms with Crippen molar-refractivity contribution in [3.63, 3.8) is 0 Å². The van der Waals surface area contributed by atoms with Gasteiger partial charge in [0.15, 0.2) is 0 Å². The second-order valence-electron chi connectivity index (χ2n) is 3.82. The van der Waals surface area contributed by atoms with Gasteiger partial charge in [-0.25, -0.2) is 0 Å². The van der Waals surface area contributed by atoms with Crippen molar-refractivity contribution in [2.75, 3.05) is 11.1 Å². The summed E-state index contributed by atoms with van der Waals surface area (Å²) in [5.74, 6) is 0. The van der Waals surface area contributed by atoms with Crippen LogP contribution in [0.5, 0.6) is 0 Å². The van der Waals surface area contributed by atoms with Gasteiger partial charge in [0, 0.05) is 20.0 Å². The van der Waals surface area contributed by atoms with Crippen molar-refractivity contribution in [1.82, 2.24) is 0 Å². The molecule has 0 radical (unpaired) electrons. The number of rotatable bonds is 2. The molecule has 88 valence electrons. The summed E-state index contributed by atoms with van der Waals surface area (Å²) >= 11 is 8.19. The molecule has 0 amide bonds. The largest absolute Gasteiger partial charge is 0.399 e. The van der Waals surface area contributed by atoms with Crippen LogP contribution in [0.2, 0.25) is 5.02 Å². The van der Waals surface area contributed by atoms with Crippen LogP contribution in [0, 0.1) is 10.5 Å². The van der Waals surface area contributed by atoms with Crippen LogP contribution in [0.25, 0.3) is 0 Å². The third-order valence-electron chi connectivity index (χ3n) is 2.45. The van der Waals surface area contributed by atoms with Gasteiger partial charge < -0.3 is 11.1 Å². The standard InChI is InChI=1S/C13H12ClIN2/c1-8-6-9(14)2-4-12(8)17-13-5-3-10(16)7-11(13)15/h2-7,17H,16H2,1H3. The first kappa shape index (κ1) is 12.5.